The Bertz CT molecular complexity index is 570. The monoisotopic (exact) mass is 375 g/mol. The van der Waals surface area contributed by atoms with E-state index < -0.39 is 0 Å². The van der Waals surface area contributed by atoms with Crippen LogP contribution in [0, 0.1) is 12.8 Å². The van der Waals surface area contributed by atoms with E-state index in [1.165, 1.54) is 0 Å². The molecule has 0 heterocycles. The second-order valence-electron chi connectivity index (χ2n) is 5.36. The second-order valence-corrected chi connectivity index (χ2v) is 5.36. The summed E-state index contributed by atoms with van der Waals surface area (Å²) in [6.45, 7) is 17.2. The van der Waals surface area contributed by atoms with Gasteiger partial charge in [0.25, 0.3) is 0 Å². The van der Waals surface area contributed by atoms with Crippen LogP contribution in [-0.4, -0.2) is 18.3 Å². The Hall–Kier alpha value is -2.00. The first-order valence-corrected chi connectivity index (χ1v) is 10.4. The summed E-state index contributed by atoms with van der Waals surface area (Å²) in [5.74, 6) is 2.11. The Kier molecular flexibility index (Phi) is 18.9. The number of aliphatic hydroxyl groups excluding tert-OH is 1. The number of aryl methyl sites for hydroxylation is 1. The molecule has 0 radical (unpaired) electrons. The molecule has 0 amide bonds. The van der Waals surface area contributed by atoms with Gasteiger partial charge in [0.15, 0.2) is 5.75 Å². The summed E-state index contributed by atoms with van der Waals surface area (Å²) < 4.78 is 6.02. The van der Waals surface area contributed by atoms with Crippen LogP contribution < -0.4 is 10.1 Å². The van der Waals surface area contributed by atoms with Gasteiger partial charge in [-0.05, 0) is 43.0 Å². The third-order valence-corrected chi connectivity index (χ3v) is 3.46. The zero-order valence-electron chi connectivity index (χ0n) is 18.7. The van der Waals surface area contributed by atoms with Crippen molar-refractivity contribution in [2.75, 3.05) is 18.5 Å². The molecular formula is C24H41NO2. The Morgan fingerprint density at radius 1 is 0.852 bits per heavy atom. The topological polar surface area (TPSA) is 41.5 Å². The molecule has 3 heteroatoms. The van der Waals surface area contributed by atoms with E-state index in [2.05, 4.69) is 12.2 Å². The molecule has 0 bridgehead atoms. The van der Waals surface area contributed by atoms with Gasteiger partial charge in [0.1, 0.15) is 5.75 Å². The molecule has 0 aromatic heterocycles. The predicted octanol–water partition coefficient (Wildman–Crippen LogP) is 7.30. The van der Waals surface area contributed by atoms with Crippen LogP contribution in [-0.2, 0) is 0 Å². The van der Waals surface area contributed by atoms with Gasteiger partial charge >= 0.3 is 0 Å². The maximum atomic E-state index is 8.96. The highest BCUT2D eigenvalue weighted by Gasteiger charge is 2.07. The Labute approximate surface area is 167 Å². The minimum atomic E-state index is 0.226. The van der Waals surface area contributed by atoms with Crippen LogP contribution in [0.4, 0.5) is 5.69 Å². The van der Waals surface area contributed by atoms with E-state index in [4.69, 9.17) is 9.84 Å². The Morgan fingerprint density at radius 3 is 1.93 bits per heavy atom. The highest BCUT2D eigenvalue weighted by atomic mass is 16.5. The van der Waals surface area contributed by atoms with Gasteiger partial charge in [0.2, 0.25) is 0 Å². The minimum Gasteiger partial charge on any atom is -0.455 e. The molecule has 1 atom stereocenters. The van der Waals surface area contributed by atoms with Crippen molar-refractivity contribution in [3.63, 3.8) is 0 Å². The van der Waals surface area contributed by atoms with Crippen LogP contribution in [0.5, 0.6) is 11.5 Å². The summed E-state index contributed by atoms with van der Waals surface area (Å²) >= 11 is 0. The van der Waals surface area contributed by atoms with Gasteiger partial charge in [0, 0.05) is 13.2 Å². The van der Waals surface area contributed by atoms with E-state index in [-0.39, 0.29) is 6.61 Å². The molecule has 3 nitrogen and oxygen atoms in total. The third kappa shape index (κ3) is 11.3. The fourth-order valence-corrected chi connectivity index (χ4v) is 2.10. The molecule has 0 unspecified atom stereocenters. The highest BCUT2D eigenvalue weighted by Crippen LogP contribution is 2.31. The summed E-state index contributed by atoms with van der Waals surface area (Å²) in [5, 5.41) is 12.4. The number of aliphatic hydroxyl groups is 1. The first-order chi connectivity index (χ1) is 13.2. The first kappa shape index (κ1) is 27.2. The van der Waals surface area contributed by atoms with Gasteiger partial charge in [-0.15, -0.1) is 0 Å². The molecule has 0 aliphatic rings. The molecule has 2 rings (SSSR count). The molecule has 0 spiro atoms. The van der Waals surface area contributed by atoms with E-state index in [1.54, 1.807) is 0 Å². The van der Waals surface area contributed by atoms with Crippen molar-refractivity contribution in [1.29, 1.82) is 0 Å². The molecule has 0 saturated heterocycles. The minimum absolute atomic E-state index is 0.226. The van der Waals surface area contributed by atoms with Gasteiger partial charge in [-0.1, -0.05) is 78.8 Å². The zero-order chi connectivity index (χ0) is 21.1. The van der Waals surface area contributed by atoms with Crippen molar-refractivity contribution in [1.82, 2.24) is 0 Å². The van der Waals surface area contributed by atoms with Crippen LogP contribution in [0.3, 0.4) is 0 Å². The predicted molar refractivity (Wildman–Crippen MR) is 121 cm³/mol. The van der Waals surface area contributed by atoms with Gasteiger partial charge in [-0.2, -0.15) is 0 Å². The van der Waals surface area contributed by atoms with Gasteiger partial charge in [0.05, 0.1) is 5.69 Å². The maximum Gasteiger partial charge on any atom is 0.150 e. The fraction of sp³-hybridized carbons (Fsp3) is 0.500. The number of para-hydroxylation sites is 3. The molecule has 0 saturated carbocycles. The average Bonchev–Trinajstić information content (AvgIpc) is 2.74. The van der Waals surface area contributed by atoms with Gasteiger partial charge in [-0.3, -0.25) is 0 Å². The van der Waals surface area contributed by atoms with Crippen molar-refractivity contribution in [2.45, 2.75) is 61.8 Å². The third-order valence-electron chi connectivity index (χ3n) is 3.46. The number of anilines is 1. The lowest BCUT2D eigenvalue weighted by Gasteiger charge is -2.16. The molecule has 154 valence electrons. The van der Waals surface area contributed by atoms with Crippen molar-refractivity contribution in [3.8, 4) is 11.5 Å². The number of hydrogen-bond acceptors (Lipinski definition) is 3. The normalized spacial score (nSPS) is 9.96. The molecule has 2 aromatic rings. The summed E-state index contributed by atoms with van der Waals surface area (Å²) in [5.41, 5.74) is 2.09. The summed E-state index contributed by atoms with van der Waals surface area (Å²) in [4.78, 5) is 0. The number of nitrogens with one attached hydrogen (secondary N) is 1. The van der Waals surface area contributed by atoms with Crippen LogP contribution >= 0.6 is 0 Å². The molecule has 2 N–H and O–H groups in total. The smallest absolute Gasteiger partial charge is 0.150 e. The Morgan fingerprint density at radius 2 is 1.37 bits per heavy atom. The first-order valence-electron chi connectivity index (χ1n) is 10.4. The number of rotatable bonds is 7. The van der Waals surface area contributed by atoms with Crippen LogP contribution in [0.25, 0.3) is 0 Å². The highest BCUT2D eigenvalue weighted by molar-refractivity contribution is 5.57. The Balaban J connectivity index is 0. The van der Waals surface area contributed by atoms with Crippen LogP contribution in [0.15, 0.2) is 48.5 Å². The van der Waals surface area contributed by atoms with E-state index >= 15 is 0 Å². The number of hydrogen-bond donors (Lipinski definition) is 2. The van der Waals surface area contributed by atoms with Crippen molar-refractivity contribution < 1.29 is 9.84 Å². The van der Waals surface area contributed by atoms with Crippen LogP contribution in [0.1, 0.15) is 60.5 Å². The summed E-state index contributed by atoms with van der Waals surface area (Å²) in [7, 11) is 0. The quantitative estimate of drug-likeness (QED) is 0.533. The second kappa shape index (κ2) is 18.8. The van der Waals surface area contributed by atoms with E-state index in [0.29, 0.717) is 5.92 Å². The maximum absolute atomic E-state index is 8.96. The van der Waals surface area contributed by atoms with Crippen LogP contribution in [0.2, 0.25) is 0 Å². The average molecular weight is 376 g/mol. The molecular weight excluding hydrogens is 334 g/mol. The lowest BCUT2D eigenvalue weighted by molar-refractivity contribution is 0.266. The molecule has 0 fully saturated rings. The molecule has 0 aliphatic carbocycles. The van der Waals surface area contributed by atoms with E-state index in [0.717, 1.165) is 35.7 Å². The molecule has 27 heavy (non-hydrogen) atoms. The fourth-order valence-electron chi connectivity index (χ4n) is 2.10. The van der Waals surface area contributed by atoms with Crippen molar-refractivity contribution in [3.05, 3.63) is 54.1 Å². The number of ether oxygens (including phenoxy) is 1. The van der Waals surface area contributed by atoms with Crippen molar-refractivity contribution in [2.24, 2.45) is 5.92 Å². The lowest BCUT2D eigenvalue weighted by atomic mass is 10.1. The summed E-state index contributed by atoms with van der Waals surface area (Å²) in [6, 6.07) is 15.9. The molecule has 2 aromatic carbocycles. The lowest BCUT2D eigenvalue weighted by Crippen LogP contribution is -2.13. The van der Waals surface area contributed by atoms with Gasteiger partial charge in [-0.25, -0.2) is 0 Å². The SMILES string of the molecule is CC.CC.CC.Cc1ccccc1Oc1ccccc1NC[C@@H](C)CCO. The van der Waals surface area contributed by atoms with Crippen molar-refractivity contribution >= 4 is 5.69 Å². The van der Waals surface area contributed by atoms with Gasteiger partial charge < -0.3 is 15.2 Å². The summed E-state index contributed by atoms with van der Waals surface area (Å²) in [6.07, 6.45) is 0.799. The zero-order valence-corrected chi connectivity index (χ0v) is 18.7. The number of benzene rings is 2. The molecule has 0 aliphatic heterocycles. The standard InChI is InChI=1S/C18H23NO2.3C2H6/c1-14(11-12-20)13-19-16-8-4-6-10-18(16)21-17-9-5-3-7-15(17)2;3*1-2/h3-10,14,19-20H,11-13H2,1-2H3;3*1-2H3/t14-;;;/m0.../s1. The van der Waals surface area contributed by atoms with E-state index in [9.17, 15) is 0 Å². The largest absolute Gasteiger partial charge is 0.455 e. The van der Waals surface area contributed by atoms with E-state index in [1.807, 2.05) is 97.0 Å².